The van der Waals surface area contributed by atoms with Crippen LogP contribution >= 0.6 is 0 Å². The second-order valence-corrected chi connectivity index (χ2v) is 25.7. The molecule has 0 aliphatic carbocycles. The van der Waals surface area contributed by atoms with E-state index in [4.69, 9.17) is 61.0 Å². The van der Waals surface area contributed by atoms with Crippen molar-refractivity contribution < 1.29 is 0 Å². The summed E-state index contributed by atoms with van der Waals surface area (Å²) >= 11 is 0. The Hall–Kier alpha value is -18.2. The molecule has 3 aromatic heterocycles. The zero-order valence-electron chi connectivity index (χ0n) is 58.1. The van der Waals surface area contributed by atoms with Crippen molar-refractivity contribution in [2.45, 2.75) is 0 Å². The first kappa shape index (κ1) is 68.3. The summed E-state index contributed by atoms with van der Waals surface area (Å²) in [7, 11) is 0. The predicted molar refractivity (Wildman–Crippen MR) is 430 cm³/mol. The zero-order chi connectivity index (χ0) is 77.4. The summed E-state index contributed by atoms with van der Waals surface area (Å²) in [6, 6.07) is 85.4. The number of fused-ring (bicyclic) bond motifs is 6. The molecule has 18 heteroatoms. The summed E-state index contributed by atoms with van der Waals surface area (Å²) in [6.45, 7) is 57.2. The van der Waals surface area contributed by atoms with Crippen molar-refractivity contribution in [3.05, 3.63) is 356 Å². The molecule has 0 fully saturated rings. The number of nitrogens with zero attached hydrogens (tertiary/aromatic N) is 18. The largest absolute Gasteiger partial charge is 0.309 e. The van der Waals surface area contributed by atoms with Crippen molar-refractivity contribution in [1.29, 1.82) is 31.6 Å². The quantitative estimate of drug-likeness (QED) is 0.112. The lowest BCUT2D eigenvalue weighted by Gasteiger charge is -2.21. The van der Waals surface area contributed by atoms with Crippen molar-refractivity contribution in [3.8, 4) is 149 Å². The maximum Gasteiger partial charge on any atom is 0.197 e. The average molecular weight is 1420 g/mol. The number of benzene rings is 13. The van der Waals surface area contributed by atoms with Gasteiger partial charge in [0.05, 0.1) is 127 Å². The minimum absolute atomic E-state index is 0.0679. The Morgan fingerprint density at radius 2 is 0.598 bits per heavy atom. The van der Waals surface area contributed by atoms with Gasteiger partial charge in [0.15, 0.2) is 57.3 Å². The van der Waals surface area contributed by atoms with E-state index < -0.39 is 0 Å². The fourth-order valence-corrected chi connectivity index (χ4v) is 14.7. The molecule has 0 N–H and O–H groups in total. The smallest absolute Gasteiger partial charge is 0.197 e. The van der Waals surface area contributed by atoms with Crippen LogP contribution in [0.4, 0.5) is 39.8 Å². The molecule has 16 aromatic rings. The topological polar surface area (TPSA) is 222 Å². The molecule has 0 unspecified atom stereocenters. The van der Waals surface area contributed by atoms with Gasteiger partial charge in [0.2, 0.25) is 0 Å². The van der Waals surface area contributed by atoms with E-state index in [9.17, 15) is 31.6 Å². The molecule has 0 saturated heterocycles. The Balaban J connectivity index is 1.06. The van der Waals surface area contributed by atoms with Crippen molar-refractivity contribution >= 4 is 83.4 Å². The SMILES string of the molecule is [C-]#[N+]c1ccc(-c2ccc(-c3cc(-c4nc(-c5ccccc5)nc(-c5ccccc5)n4)ccc3-n3c4ccc(-c5c(C#N)cc(C#N)cc5[N+]#[C-])cc4c4cc(-c5c(C#N)cc([N+]#[C-])cc5[N+]#[C-])ccc43)c(-n3c4ccc(-c5c(C#N)cc(C#N)cc5[N+]#[C-])cc4c4cc(-c5c(C#N)cc([N+]#[C-])cc5[N+]#[C-])ccc43)c2)cc1. The molecule has 0 aliphatic rings. The van der Waals surface area contributed by atoms with Gasteiger partial charge in [-0.05, 0) is 143 Å². The first-order valence-electron chi connectivity index (χ1n) is 34.1. The third-order valence-corrected chi connectivity index (χ3v) is 19.7. The van der Waals surface area contributed by atoms with E-state index in [2.05, 4.69) is 79.5 Å². The Morgan fingerprint density at radius 1 is 0.250 bits per heavy atom. The average Bonchev–Trinajstić information content (AvgIpc) is 1.57. The molecule has 0 aliphatic heterocycles. The summed E-state index contributed by atoms with van der Waals surface area (Å²) in [5.74, 6) is 1.11. The van der Waals surface area contributed by atoms with Crippen LogP contribution < -0.4 is 0 Å². The van der Waals surface area contributed by atoms with Gasteiger partial charge in [-0.2, -0.15) is 31.6 Å². The second kappa shape index (κ2) is 28.1. The molecule has 0 spiro atoms. The number of hydrogen-bond donors (Lipinski definition) is 0. The Kier molecular flexibility index (Phi) is 17.1. The molecule has 506 valence electrons. The van der Waals surface area contributed by atoms with Crippen LogP contribution in [0.1, 0.15) is 33.4 Å². The molecule has 16 rings (SSSR count). The number of nitriles is 6. The highest BCUT2D eigenvalue weighted by molar-refractivity contribution is 6.15. The zero-order valence-corrected chi connectivity index (χ0v) is 58.1. The lowest BCUT2D eigenvalue weighted by atomic mass is 9.94. The molecular formula is C94H40N18. The third-order valence-electron chi connectivity index (χ3n) is 19.7. The Labute approximate surface area is 640 Å². The summed E-state index contributed by atoms with van der Waals surface area (Å²) in [5.41, 5.74) is 12.9. The van der Waals surface area contributed by atoms with Gasteiger partial charge in [-0.25, -0.2) is 48.9 Å². The van der Waals surface area contributed by atoms with E-state index in [1.54, 1.807) is 12.1 Å². The molecule has 0 atom stereocenters. The van der Waals surface area contributed by atoms with Crippen molar-refractivity contribution in [2.24, 2.45) is 0 Å². The number of hydrogen-bond acceptors (Lipinski definition) is 9. The Morgan fingerprint density at radius 3 is 0.973 bits per heavy atom. The van der Waals surface area contributed by atoms with Crippen molar-refractivity contribution in [3.63, 3.8) is 0 Å². The van der Waals surface area contributed by atoms with E-state index in [-0.39, 0.29) is 67.5 Å². The molecule has 112 heavy (non-hydrogen) atoms. The Bertz CT molecular complexity index is 6970. The van der Waals surface area contributed by atoms with Crippen LogP contribution in [0.3, 0.4) is 0 Å². The van der Waals surface area contributed by atoms with Gasteiger partial charge >= 0.3 is 0 Å². The van der Waals surface area contributed by atoms with E-state index in [1.165, 1.54) is 48.5 Å². The van der Waals surface area contributed by atoms with E-state index in [0.29, 0.717) is 139 Å². The van der Waals surface area contributed by atoms with Crippen LogP contribution in [0.5, 0.6) is 0 Å². The summed E-state index contributed by atoms with van der Waals surface area (Å²) in [5, 5.41) is 65.7. The highest BCUT2D eigenvalue weighted by Gasteiger charge is 2.28. The standard InChI is InChI=1S/C94H40N18/c1-101-69-26-18-56(19-27-69)59-20-28-72(87(45-59)112-85-31-23-61(89-66(51-98)35-55(49-96)37-79(89)105-5)41-76(85)77-43-63(24-32-86(77)112)91-68(53-100)39-71(103-3)47-81(91)107-7)73-44-64(94-109-92(57-14-10-8-11-15-57)108-93(110-94)58-16-12-9-13-17-58)25-33-82(73)111-83-29-21-60(88-65(50-97)34-54(48-95)36-78(88)104-4)40-74(83)75-42-62(22-30-84(75)111)90-67(52-99)38-70(102-2)46-80(90)106-6/h8-47H. The first-order chi connectivity index (χ1) is 54.9. The van der Waals surface area contributed by atoms with Gasteiger partial charge < -0.3 is 9.13 Å². The lowest BCUT2D eigenvalue weighted by molar-refractivity contribution is 1.07. The molecule has 13 aromatic carbocycles. The number of aromatic nitrogens is 5. The summed E-state index contributed by atoms with van der Waals surface area (Å²) < 4.78 is 4.18. The summed E-state index contributed by atoms with van der Waals surface area (Å²) in [4.78, 5) is 41.8. The third kappa shape index (κ3) is 11.6. The molecule has 3 heterocycles. The van der Waals surface area contributed by atoms with Crippen molar-refractivity contribution in [2.75, 3.05) is 0 Å². The van der Waals surface area contributed by atoms with Gasteiger partial charge in [-0.3, -0.25) is 0 Å². The van der Waals surface area contributed by atoms with Crippen LogP contribution in [0.25, 0.3) is 190 Å². The lowest BCUT2D eigenvalue weighted by Crippen LogP contribution is -2.04. The van der Waals surface area contributed by atoms with E-state index >= 15 is 0 Å². The molecule has 0 amide bonds. The normalized spacial score (nSPS) is 10.6. The molecule has 0 bridgehead atoms. The molecule has 0 saturated carbocycles. The minimum atomic E-state index is 0.0679. The minimum Gasteiger partial charge on any atom is -0.309 e. The van der Waals surface area contributed by atoms with Gasteiger partial charge in [0, 0.05) is 93.9 Å². The molecule has 0 radical (unpaired) electrons. The van der Waals surface area contributed by atoms with Crippen LogP contribution in [0.15, 0.2) is 243 Å². The fourth-order valence-electron chi connectivity index (χ4n) is 14.7. The van der Waals surface area contributed by atoms with Gasteiger partial charge in [0.1, 0.15) is 0 Å². The molecular weight excluding hydrogens is 1380 g/mol. The van der Waals surface area contributed by atoms with Crippen LogP contribution in [-0.2, 0) is 0 Å². The van der Waals surface area contributed by atoms with Gasteiger partial charge in [-0.15, -0.1) is 0 Å². The van der Waals surface area contributed by atoms with Crippen LogP contribution in [0.2, 0.25) is 0 Å². The second-order valence-electron chi connectivity index (χ2n) is 25.7. The molecule has 18 nitrogen and oxygen atoms in total. The number of rotatable bonds is 11. The van der Waals surface area contributed by atoms with Crippen molar-refractivity contribution in [1.82, 2.24) is 24.1 Å². The maximum absolute atomic E-state index is 10.8. The maximum atomic E-state index is 10.8. The van der Waals surface area contributed by atoms with Gasteiger partial charge in [-0.1, -0.05) is 133 Å². The highest BCUT2D eigenvalue weighted by Crippen LogP contribution is 2.50. The van der Waals surface area contributed by atoms with Crippen LogP contribution in [-0.4, -0.2) is 24.1 Å². The monoisotopic (exact) mass is 1420 g/mol. The fraction of sp³-hybridized carbons (Fsp3) is 0. The van der Waals surface area contributed by atoms with Gasteiger partial charge in [0.25, 0.3) is 0 Å². The van der Waals surface area contributed by atoms with E-state index in [1.807, 2.05) is 182 Å². The predicted octanol–water partition coefficient (Wildman–Crippen LogP) is 24.2. The highest BCUT2D eigenvalue weighted by atomic mass is 15.0. The summed E-state index contributed by atoms with van der Waals surface area (Å²) in [6.07, 6.45) is 0. The first-order valence-corrected chi connectivity index (χ1v) is 34.1. The van der Waals surface area contributed by atoms with Crippen LogP contribution in [0, 0.1) is 114 Å². The van der Waals surface area contributed by atoms with E-state index in [0.717, 1.165) is 22.3 Å².